The number of aliphatic hydroxyl groups excluding tert-OH is 1. The molecule has 0 aromatic rings. The summed E-state index contributed by atoms with van der Waals surface area (Å²) in [5.41, 5.74) is 0. The highest BCUT2D eigenvalue weighted by Gasteiger charge is 2.15. The summed E-state index contributed by atoms with van der Waals surface area (Å²) in [6.07, 6.45) is 40.7. The second-order valence-corrected chi connectivity index (χ2v) is 16.0. The molecule has 10 heteroatoms. The molecule has 0 atom stereocenters. The summed E-state index contributed by atoms with van der Waals surface area (Å²) in [6, 6.07) is 0. The van der Waals surface area contributed by atoms with Crippen molar-refractivity contribution in [3.8, 4) is 0 Å². The average Bonchev–Trinajstić information content (AvgIpc) is 3.27. The molecular formula is C52H95NO9. The third kappa shape index (κ3) is 44.3. The Labute approximate surface area is 380 Å². The molecule has 0 amide bonds. The molecule has 0 spiro atoms. The molecule has 362 valence electrons. The van der Waals surface area contributed by atoms with Crippen LogP contribution >= 0.6 is 0 Å². The molecule has 0 aromatic heterocycles. The minimum Gasteiger partial charge on any atom is -0.466 e. The number of hydrogen-bond acceptors (Lipinski definition) is 10. The van der Waals surface area contributed by atoms with Crippen molar-refractivity contribution in [1.29, 1.82) is 0 Å². The van der Waals surface area contributed by atoms with E-state index in [1.807, 2.05) is 0 Å². The highest BCUT2D eigenvalue weighted by molar-refractivity contribution is 5.69. The molecule has 0 aliphatic heterocycles. The molecule has 0 aromatic carbocycles. The summed E-state index contributed by atoms with van der Waals surface area (Å²) < 4.78 is 35.3. The lowest BCUT2D eigenvalue weighted by molar-refractivity contribution is -0.159. The molecule has 0 saturated heterocycles. The van der Waals surface area contributed by atoms with Gasteiger partial charge in [-0.3, -0.25) is 9.59 Å². The number of carbonyl (C=O) groups excluding carboxylic acids is 2. The van der Waals surface area contributed by atoms with Crippen LogP contribution in [0.2, 0.25) is 0 Å². The van der Waals surface area contributed by atoms with Crippen molar-refractivity contribution in [2.24, 2.45) is 0 Å². The molecule has 0 rings (SSSR count). The first-order valence-corrected chi connectivity index (χ1v) is 25.2. The minimum atomic E-state index is -0.382. The van der Waals surface area contributed by atoms with Gasteiger partial charge in [0.05, 0.1) is 32.7 Å². The molecule has 0 fully saturated rings. The smallest absolute Gasteiger partial charge is 0.305 e. The maximum absolute atomic E-state index is 12.5. The van der Waals surface area contributed by atoms with E-state index in [0.29, 0.717) is 59.0 Å². The van der Waals surface area contributed by atoms with Gasteiger partial charge in [-0.2, -0.15) is 0 Å². The number of rotatable bonds is 48. The summed E-state index contributed by atoms with van der Waals surface area (Å²) in [7, 11) is 0. The fraction of sp³-hybridized carbons (Fsp3) is 0.808. The molecule has 10 nitrogen and oxygen atoms in total. The Morgan fingerprint density at radius 1 is 0.419 bits per heavy atom. The zero-order chi connectivity index (χ0) is 45.2. The lowest BCUT2D eigenvalue weighted by Gasteiger charge is -2.21. The Balaban J connectivity index is 4.32. The maximum Gasteiger partial charge on any atom is 0.305 e. The van der Waals surface area contributed by atoms with Crippen LogP contribution in [0.4, 0.5) is 0 Å². The standard InChI is InChI=1S/C52H95NO9/c1-5-9-13-17-21-29-45-59-51(60-46-30-22-18-14-10-6-2)37-35-49(55)57-43-33-25-27-39-53(41-42-54)40-28-26-34-44-58-50(56)36-38-52(61-47-31-23-19-15-11-7-3)62-48-32-24-20-16-12-8-4/h9-16,51-52,54H,5-8,17-48H2,1-4H3/b13-9-,14-10-,15-11-,16-12-. The van der Waals surface area contributed by atoms with Gasteiger partial charge in [-0.25, -0.2) is 0 Å². The Morgan fingerprint density at radius 3 is 1.05 bits per heavy atom. The first-order chi connectivity index (χ1) is 30.5. The van der Waals surface area contributed by atoms with E-state index in [1.165, 1.54) is 0 Å². The Hall–Kier alpha value is -2.34. The van der Waals surface area contributed by atoms with E-state index >= 15 is 0 Å². The van der Waals surface area contributed by atoms with Gasteiger partial charge in [0.1, 0.15) is 0 Å². The van der Waals surface area contributed by atoms with E-state index < -0.39 is 0 Å². The molecule has 0 bridgehead atoms. The van der Waals surface area contributed by atoms with Gasteiger partial charge < -0.3 is 38.4 Å². The molecule has 0 unspecified atom stereocenters. The van der Waals surface area contributed by atoms with Crippen LogP contribution in [0.1, 0.15) is 195 Å². The van der Waals surface area contributed by atoms with E-state index in [0.717, 1.165) is 154 Å². The first-order valence-electron chi connectivity index (χ1n) is 25.2. The number of unbranched alkanes of at least 4 members (excludes halogenated alkanes) is 12. The number of allylic oxidation sites excluding steroid dienone is 8. The highest BCUT2D eigenvalue weighted by Crippen LogP contribution is 2.13. The predicted molar refractivity (Wildman–Crippen MR) is 256 cm³/mol. The largest absolute Gasteiger partial charge is 0.466 e. The van der Waals surface area contributed by atoms with Crippen molar-refractivity contribution in [1.82, 2.24) is 4.90 Å². The van der Waals surface area contributed by atoms with Crippen molar-refractivity contribution in [2.75, 3.05) is 65.9 Å². The molecule has 0 aliphatic carbocycles. The average molecular weight is 878 g/mol. The van der Waals surface area contributed by atoms with Crippen LogP contribution in [-0.4, -0.2) is 100 Å². The van der Waals surface area contributed by atoms with Crippen LogP contribution in [0.15, 0.2) is 48.6 Å². The lowest BCUT2D eigenvalue weighted by Crippen LogP contribution is -2.29. The van der Waals surface area contributed by atoms with Crippen molar-refractivity contribution in [3.63, 3.8) is 0 Å². The first kappa shape index (κ1) is 59.7. The molecular weight excluding hydrogens is 783 g/mol. The second-order valence-electron chi connectivity index (χ2n) is 16.0. The SMILES string of the molecule is CC/C=C\CCCCOC(CCC(=O)OCCCCCN(CCO)CCCCCOC(=O)CCC(OCCCC/C=C\CC)OCCCC/C=C\CC)OCCCC/C=C\CC. The molecule has 0 radical (unpaired) electrons. The Morgan fingerprint density at radius 2 is 0.742 bits per heavy atom. The van der Waals surface area contributed by atoms with E-state index in [9.17, 15) is 14.7 Å². The van der Waals surface area contributed by atoms with E-state index in [1.54, 1.807) is 0 Å². The third-order valence-electron chi connectivity index (χ3n) is 10.2. The molecule has 0 heterocycles. The number of carbonyl (C=O) groups is 2. The van der Waals surface area contributed by atoms with Crippen LogP contribution in [0.25, 0.3) is 0 Å². The van der Waals surface area contributed by atoms with Gasteiger partial charge in [0.2, 0.25) is 0 Å². The van der Waals surface area contributed by atoms with Crippen LogP contribution in [0, 0.1) is 0 Å². The van der Waals surface area contributed by atoms with E-state index in [2.05, 4.69) is 81.2 Å². The fourth-order valence-corrected chi connectivity index (χ4v) is 6.58. The maximum atomic E-state index is 12.5. The molecule has 62 heavy (non-hydrogen) atoms. The number of nitrogens with zero attached hydrogens (tertiary/aromatic N) is 1. The zero-order valence-electron chi connectivity index (χ0n) is 40.4. The van der Waals surface area contributed by atoms with Gasteiger partial charge >= 0.3 is 11.9 Å². The van der Waals surface area contributed by atoms with Crippen LogP contribution in [0.3, 0.4) is 0 Å². The lowest BCUT2D eigenvalue weighted by atomic mass is 10.2. The predicted octanol–water partition coefficient (Wildman–Crippen LogP) is 12.5. The third-order valence-corrected chi connectivity index (χ3v) is 10.2. The summed E-state index contributed by atoms with van der Waals surface area (Å²) >= 11 is 0. The highest BCUT2D eigenvalue weighted by atomic mass is 16.7. The van der Waals surface area contributed by atoms with Gasteiger partial charge in [-0.1, -0.05) is 76.3 Å². The zero-order valence-corrected chi connectivity index (χ0v) is 40.4. The van der Waals surface area contributed by atoms with Crippen molar-refractivity contribution >= 4 is 11.9 Å². The Kier molecular flexibility index (Phi) is 47.8. The van der Waals surface area contributed by atoms with Crippen molar-refractivity contribution in [3.05, 3.63) is 48.6 Å². The molecule has 1 N–H and O–H groups in total. The van der Waals surface area contributed by atoms with Gasteiger partial charge in [0.15, 0.2) is 12.6 Å². The second kappa shape index (κ2) is 49.7. The summed E-state index contributed by atoms with van der Waals surface area (Å²) in [4.78, 5) is 27.4. The topological polar surface area (TPSA) is 113 Å². The van der Waals surface area contributed by atoms with Crippen molar-refractivity contribution in [2.45, 2.75) is 207 Å². The normalized spacial score (nSPS) is 12.3. The van der Waals surface area contributed by atoms with Crippen LogP contribution in [0.5, 0.6) is 0 Å². The minimum absolute atomic E-state index is 0.122. The van der Waals surface area contributed by atoms with Gasteiger partial charge in [0.25, 0.3) is 0 Å². The molecule has 0 aliphatic rings. The number of esters is 2. The number of aliphatic hydroxyl groups is 1. The van der Waals surface area contributed by atoms with Gasteiger partial charge in [-0.15, -0.1) is 0 Å². The van der Waals surface area contributed by atoms with Gasteiger partial charge in [0, 0.05) is 45.8 Å². The van der Waals surface area contributed by atoms with Crippen LogP contribution < -0.4 is 0 Å². The number of hydrogen-bond donors (Lipinski definition) is 1. The van der Waals surface area contributed by atoms with Crippen LogP contribution in [-0.2, 0) is 38.0 Å². The fourth-order valence-electron chi connectivity index (χ4n) is 6.58. The number of ether oxygens (including phenoxy) is 6. The van der Waals surface area contributed by atoms with E-state index in [-0.39, 0.29) is 44.0 Å². The Bertz CT molecular complexity index is 950. The quantitative estimate of drug-likeness (QED) is 0.0274. The summed E-state index contributed by atoms with van der Waals surface area (Å²) in [5, 5.41) is 9.62. The van der Waals surface area contributed by atoms with Crippen molar-refractivity contribution < 1.29 is 43.1 Å². The monoisotopic (exact) mass is 878 g/mol. The van der Waals surface area contributed by atoms with E-state index in [4.69, 9.17) is 28.4 Å². The summed E-state index contributed by atoms with van der Waals surface area (Å²) in [5.74, 6) is -0.407. The summed E-state index contributed by atoms with van der Waals surface area (Å²) in [6.45, 7) is 14.5. The van der Waals surface area contributed by atoms with Gasteiger partial charge in [-0.05, 0) is 154 Å². The molecule has 0 saturated carbocycles.